The Kier molecular flexibility index (Phi) is 7.59. The number of carbonyl (C=O) groups is 2. The van der Waals surface area contributed by atoms with Gasteiger partial charge in [-0.25, -0.2) is 4.79 Å². The zero-order valence-corrected chi connectivity index (χ0v) is 12.9. The van der Waals surface area contributed by atoms with Crippen LogP contribution in [-0.4, -0.2) is 37.6 Å². The van der Waals surface area contributed by atoms with E-state index in [9.17, 15) is 9.59 Å². The van der Waals surface area contributed by atoms with Gasteiger partial charge in [0.1, 0.15) is 6.04 Å². The molecule has 116 valence electrons. The van der Waals surface area contributed by atoms with Gasteiger partial charge >= 0.3 is 5.97 Å². The Balaban J connectivity index is 2.38. The van der Waals surface area contributed by atoms with E-state index in [1.54, 1.807) is 0 Å². The van der Waals surface area contributed by atoms with E-state index < -0.39 is 6.04 Å². The topological polar surface area (TPSA) is 67.4 Å². The van der Waals surface area contributed by atoms with Gasteiger partial charge in [-0.1, -0.05) is 26.7 Å². The van der Waals surface area contributed by atoms with Gasteiger partial charge in [0.15, 0.2) is 0 Å². The predicted molar refractivity (Wildman–Crippen MR) is 78.3 cm³/mol. The summed E-state index contributed by atoms with van der Waals surface area (Å²) in [5.74, 6) is -0.337. The second kappa shape index (κ2) is 8.95. The third kappa shape index (κ3) is 5.49. The molecule has 3 unspecified atom stereocenters. The second-order valence-corrected chi connectivity index (χ2v) is 5.64. The van der Waals surface area contributed by atoms with E-state index in [0.29, 0.717) is 12.5 Å². The summed E-state index contributed by atoms with van der Waals surface area (Å²) in [4.78, 5) is 23.7. The molecule has 0 radical (unpaired) electrons. The fraction of sp³-hybridized carbons (Fsp3) is 0.867. The molecule has 1 saturated heterocycles. The van der Waals surface area contributed by atoms with Crippen molar-refractivity contribution in [1.29, 1.82) is 0 Å². The van der Waals surface area contributed by atoms with Crippen molar-refractivity contribution in [2.24, 2.45) is 5.92 Å². The van der Waals surface area contributed by atoms with Crippen LogP contribution in [-0.2, 0) is 14.3 Å². The maximum atomic E-state index is 12.0. The van der Waals surface area contributed by atoms with Crippen molar-refractivity contribution in [3.05, 3.63) is 0 Å². The Hall–Kier alpha value is -1.10. The van der Waals surface area contributed by atoms with Gasteiger partial charge < -0.3 is 15.4 Å². The van der Waals surface area contributed by atoms with E-state index in [4.69, 9.17) is 4.74 Å². The van der Waals surface area contributed by atoms with Crippen LogP contribution < -0.4 is 10.6 Å². The molecule has 0 aliphatic carbocycles. The van der Waals surface area contributed by atoms with Crippen molar-refractivity contribution in [3.8, 4) is 0 Å². The minimum absolute atomic E-state index is 0.0620. The molecule has 0 bridgehead atoms. The molecule has 0 aromatic rings. The molecule has 1 fully saturated rings. The van der Waals surface area contributed by atoms with Gasteiger partial charge in [0.2, 0.25) is 5.91 Å². The summed E-state index contributed by atoms with van der Waals surface area (Å²) in [5.41, 5.74) is 0. The second-order valence-electron chi connectivity index (χ2n) is 5.64. The Labute approximate surface area is 121 Å². The molecule has 0 aromatic heterocycles. The third-order valence-electron chi connectivity index (χ3n) is 4.12. The van der Waals surface area contributed by atoms with E-state index >= 15 is 0 Å². The van der Waals surface area contributed by atoms with Gasteiger partial charge in [-0.15, -0.1) is 0 Å². The van der Waals surface area contributed by atoms with Gasteiger partial charge in [0, 0.05) is 12.5 Å². The van der Waals surface area contributed by atoms with Crippen LogP contribution in [0.15, 0.2) is 0 Å². The Morgan fingerprint density at radius 1 is 1.40 bits per heavy atom. The van der Waals surface area contributed by atoms with Gasteiger partial charge in [-0.2, -0.15) is 0 Å². The third-order valence-corrected chi connectivity index (χ3v) is 4.12. The maximum absolute atomic E-state index is 12.0. The molecule has 1 aliphatic heterocycles. The summed E-state index contributed by atoms with van der Waals surface area (Å²) >= 11 is 0. The smallest absolute Gasteiger partial charge is 0.328 e. The Morgan fingerprint density at radius 3 is 2.70 bits per heavy atom. The van der Waals surface area contributed by atoms with E-state index in [0.717, 1.165) is 25.8 Å². The number of carbonyl (C=O) groups excluding carboxylic acids is 2. The van der Waals surface area contributed by atoms with Crippen molar-refractivity contribution in [3.63, 3.8) is 0 Å². The average Bonchev–Trinajstić information content (AvgIpc) is 2.50. The number of hydrogen-bond donors (Lipinski definition) is 2. The minimum atomic E-state index is -0.531. The first kappa shape index (κ1) is 17.0. The van der Waals surface area contributed by atoms with E-state index in [1.807, 2.05) is 13.8 Å². The highest BCUT2D eigenvalue weighted by Gasteiger charge is 2.26. The number of amides is 1. The van der Waals surface area contributed by atoms with Crippen molar-refractivity contribution < 1.29 is 14.3 Å². The Morgan fingerprint density at radius 2 is 2.15 bits per heavy atom. The summed E-state index contributed by atoms with van der Waals surface area (Å²) in [5, 5.41) is 6.24. The number of hydrogen-bond acceptors (Lipinski definition) is 4. The number of piperidine rings is 1. The fourth-order valence-corrected chi connectivity index (χ4v) is 2.52. The SMILES string of the molecule is CCC(C)C(NC(=O)CCC1CCCCN1)C(=O)OC. The normalized spacial score (nSPS) is 21.9. The van der Waals surface area contributed by atoms with Crippen LogP contribution >= 0.6 is 0 Å². The molecular weight excluding hydrogens is 256 g/mol. The summed E-state index contributed by atoms with van der Waals surface area (Å²) < 4.78 is 4.76. The quantitative estimate of drug-likeness (QED) is 0.697. The fourth-order valence-electron chi connectivity index (χ4n) is 2.52. The first-order chi connectivity index (χ1) is 9.58. The molecule has 5 nitrogen and oxygen atoms in total. The number of rotatable bonds is 7. The first-order valence-electron chi connectivity index (χ1n) is 7.69. The number of nitrogens with one attached hydrogen (secondary N) is 2. The molecule has 2 N–H and O–H groups in total. The maximum Gasteiger partial charge on any atom is 0.328 e. The van der Waals surface area contributed by atoms with E-state index in [-0.39, 0.29) is 17.8 Å². The number of esters is 1. The predicted octanol–water partition coefficient (Wildman–Crippen LogP) is 1.61. The van der Waals surface area contributed by atoms with Crippen molar-refractivity contribution in [2.45, 2.75) is 64.5 Å². The van der Waals surface area contributed by atoms with E-state index in [2.05, 4.69) is 10.6 Å². The zero-order valence-electron chi connectivity index (χ0n) is 12.9. The van der Waals surface area contributed by atoms with Crippen LogP contribution in [0.5, 0.6) is 0 Å². The van der Waals surface area contributed by atoms with Crippen LogP contribution in [0.1, 0.15) is 52.4 Å². The van der Waals surface area contributed by atoms with Gasteiger partial charge in [-0.3, -0.25) is 4.79 Å². The largest absolute Gasteiger partial charge is 0.467 e. The lowest BCUT2D eigenvalue weighted by molar-refractivity contribution is -0.146. The molecule has 1 rings (SSSR count). The van der Waals surface area contributed by atoms with Crippen LogP contribution in [0.2, 0.25) is 0 Å². The molecule has 3 atom stereocenters. The van der Waals surface area contributed by atoms with Gasteiger partial charge in [-0.05, 0) is 31.7 Å². The Bertz CT molecular complexity index is 314. The standard InChI is InChI=1S/C15H28N2O3/c1-4-11(2)14(15(19)20-3)17-13(18)9-8-12-7-5-6-10-16-12/h11-12,14,16H,4-10H2,1-3H3,(H,17,18). The molecule has 20 heavy (non-hydrogen) atoms. The molecule has 1 aliphatic rings. The highest BCUT2D eigenvalue weighted by molar-refractivity contribution is 5.84. The number of methoxy groups -OCH3 is 1. The molecule has 0 aromatic carbocycles. The van der Waals surface area contributed by atoms with Gasteiger partial charge in [0.25, 0.3) is 0 Å². The highest BCUT2D eigenvalue weighted by Crippen LogP contribution is 2.13. The lowest BCUT2D eigenvalue weighted by Crippen LogP contribution is -2.46. The molecule has 1 amide bonds. The lowest BCUT2D eigenvalue weighted by Gasteiger charge is -2.24. The summed E-state index contributed by atoms with van der Waals surface area (Å²) in [6.07, 6.45) is 5.71. The van der Waals surface area contributed by atoms with Crippen molar-refractivity contribution in [2.75, 3.05) is 13.7 Å². The van der Waals surface area contributed by atoms with Crippen LogP contribution in [0.3, 0.4) is 0 Å². The van der Waals surface area contributed by atoms with Crippen LogP contribution in [0.25, 0.3) is 0 Å². The molecule has 0 saturated carbocycles. The van der Waals surface area contributed by atoms with E-state index in [1.165, 1.54) is 20.0 Å². The molecular formula is C15H28N2O3. The van der Waals surface area contributed by atoms with Gasteiger partial charge in [0.05, 0.1) is 7.11 Å². The molecule has 1 heterocycles. The molecule has 5 heteroatoms. The van der Waals surface area contributed by atoms with Crippen molar-refractivity contribution >= 4 is 11.9 Å². The van der Waals surface area contributed by atoms with Crippen LogP contribution in [0, 0.1) is 5.92 Å². The van der Waals surface area contributed by atoms with Crippen LogP contribution in [0.4, 0.5) is 0 Å². The molecule has 0 spiro atoms. The summed E-state index contributed by atoms with van der Waals surface area (Å²) in [7, 11) is 1.36. The highest BCUT2D eigenvalue weighted by atomic mass is 16.5. The zero-order chi connectivity index (χ0) is 15.0. The average molecular weight is 284 g/mol. The lowest BCUT2D eigenvalue weighted by atomic mass is 9.98. The summed E-state index contributed by atoms with van der Waals surface area (Å²) in [6.45, 7) is 4.99. The number of ether oxygens (including phenoxy) is 1. The minimum Gasteiger partial charge on any atom is -0.467 e. The van der Waals surface area contributed by atoms with Crippen molar-refractivity contribution in [1.82, 2.24) is 10.6 Å². The first-order valence-corrected chi connectivity index (χ1v) is 7.69. The monoisotopic (exact) mass is 284 g/mol. The summed E-state index contributed by atoms with van der Waals surface area (Å²) in [6, 6.07) is -0.0912.